The van der Waals surface area contributed by atoms with E-state index in [2.05, 4.69) is 22.0 Å². The van der Waals surface area contributed by atoms with Crippen LogP contribution in [0.5, 0.6) is 0 Å². The van der Waals surface area contributed by atoms with Crippen molar-refractivity contribution in [2.75, 3.05) is 5.33 Å². The van der Waals surface area contributed by atoms with Gasteiger partial charge in [-0.25, -0.2) is 0 Å². The molecule has 0 aliphatic rings. The molecule has 82 valence electrons. The molecule has 0 heterocycles. The molecule has 2 nitrogen and oxygen atoms in total. The van der Waals surface area contributed by atoms with Crippen molar-refractivity contribution in [2.24, 2.45) is 0 Å². The molecule has 0 aromatic heterocycles. The quantitative estimate of drug-likeness (QED) is 0.622. The normalized spacial score (nSPS) is 12.3. The second-order valence-corrected chi connectivity index (χ2v) is 4.26. The zero-order valence-electron chi connectivity index (χ0n) is 9.21. The van der Waals surface area contributed by atoms with Gasteiger partial charge in [0.1, 0.15) is 6.10 Å². The van der Waals surface area contributed by atoms with Crippen LogP contribution in [0.4, 0.5) is 0 Å². The molecule has 1 aromatic rings. The average molecular weight is 271 g/mol. The fraction of sp³-hybridized carbons (Fsp3) is 0.417. The Morgan fingerprint density at radius 3 is 2.60 bits per heavy atom. The zero-order chi connectivity index (χ0) is 11.4. The number of carbonyl (C=O) groups excluding carboxylic acids is 1. The van der Waals surface area contributed by atoms with E-state index in [0.29, 0.717) is 5.33 Å². The van der Waals surface area contributed by atoms with E-state index in [1.54, 1.807) is 0 Å². The molecule has 0 N–H and O–H groups in total. The first-order valence-electron chi connectivity index (χ1n) is 4.85. The number of rotatable bonds is 3. The van der Waals surface area contributed by atoms with Crippen LogP contribution >= 0.6 is 15.9 Å². The van der Waals surface area contributed by atoms with Crippen LogP contribution in [0.15, 0.2) is 18.2 Å². The van der Waals surface area contributed by atoms with E-state index >= 15 is 0 Å². The highest BCUT2D eigenvalue weighted by molar-refractivity contribution is 9.09. The number of hydrogen-bond donors (Lipinski definition) is 0. The van der Waals surface area contributed by atoms with Gasteiger partial charge in [-0.15, -0.1) is 0 Å². The lowest BCUT2D eigenvalue weighted by Gasteiger charge is -2.17. The van der Waals surface area contributed by atoms with Crippen molar-refractivity contribution in [1.29, 1.82) is 0 Å². The van der Waals surface area contributed by atoms with Gasteiger partial charge in [0.25, 0.3) is 0 Å². The first-order valence-corrected chi connectivity index (χ1v) is 5.97. The summed E-state index contributed by atoms with van der Waals surface area (Å²) in [7, 11) is 0. The highest BCUT2D eigenvalue weighted by Crippen LogP contribution is 2.24. The summed E-state index contributed by atoms with van der Waals surface area (Å²) in [5, 5.41) is 0.622. The maximum atomic E-state index is 10.9. The first kappa shape index (κ1) is 12.2. The van der Waals surface area contributed by atoms with Crippen LogP contribution in [0.1, 0.15) is 29.7 Å². The highest BCUT2D eigenvalue weighted by Gasteiger charge is 2.15. The van der Waals surface area contributed by atoms with E-state index < -0.39 is 0 Å². The number of halogens is 1. The van der Waals surface area contributed by atoms with Gasteiger partial charge < -0.3 is 4.74 Å². The second kappa shape index (κ2) is 5.31. The summed E-state index contributed by atoms with van der Waals surface area (Å²) in [6.07, 6.45) is -0.192. The van der Waals surface area contributed by atoms with Gasteiger partial charge in [0.05, 0.1) is 0 Å². The molecule has 0 radical (unpaired) electrons. The predicted molar refractivity (Wildman–Crippen MR) is 64.2 cm³/mol. The number of benzene rings is 1. The summed E-state index contributed by atoms with van der Waals surface area (Å²) in [4.78, 5) is 10.9. The zero-order valence-corrected chi connectivity index (χ0v) is 10.8. The minimum atomic E-state index is -0.251. The molecule has 0 saturated heterocycles. The SMILES string of the molecule is CC(=O)OC(CBr)c1ccc(C)cc1C. The van der Waals surface area contributed by atoms with Crippen LogP contribution in [0.3, 0.4) is 0 Å². The Bertz CT molecular complexity index is 361. The van der Waals surface area contributed by atoms with E-state index in [4.69, 9.17) is 4.74 Å². The van der Waals surface area contributed by atoms with Crippen molar-refractivity contribution in [3.05, 3.63) is 34.9 Å². The first-order chi connectivity index (χ1) is 7.04. The lowest BCUT2D eigenvalue weighted by atomic mass is 10.0. The van der Waals surface area contributed by atoms with Crippen molar-refractivity contribution < 1.29 is 9.53 Å². The van der Waals surface area contributed by atoms with Crippen LogP contribution < -0.4 is 0 Å². The van der Waals surface area contributed by atoms with Gasteiger partial charge in [0.15, 0.2) is 0 Å². The molecule has 15 heavy (non-hydrogen) atoms. The monoisotopic (exact) mass is 270 g/mol. The van der Waals surface area contributed by atoms with Crippen molar-refractivity contribution >= 4 is 21.9 Å². The van der Waals surface area contributed by atoms with Crippen LogP contribution in [0, 0.1) is 13.8 Å². The van der Waals surface area contributed by atoms with Crippen molar-refractivity contribution in [2.45, 2.75) is 26.9 Å². The van der Waals surface area contributed by atoms with Gasteiger partial charge in [-0.2, -0.15) is 0 Å². The average Bonchev–Trinajstić information content (AvgIpc) is 2.14. The predicted octanol–water partition coefficient (Wildman–Crippen LogP) is 3.30. The summed E-state index contributed by atoms with van der Waals surface area (Å²) in [6, 6.07) is 6.13. The smallest absolute Gasteiger partial charge is 0.303 e. The summed E-state index contributed by atoms with van der Waals surface area (Å²) in [5.41, 5.74) is 3.43. The largest absolute Gasteiger partial charge is 0.457 e. The molecular weight excluding hydrogens is 256 g/mol. The molecule has 0 bridgehead atoms. The van der Waals surface area contributed by atoms with Gasteiger partial charge in [0, 0.05) is 12.3 Å². The molecule has 1 atom stereocenters. The number of carbonyl (C=O) groups is 1. The minimum absolute atomic E-state index is 0.192. The van der Waals surface area contributed by atoms with Crippen LogP contribution in [-0.2, 0) is 9.53 Å². The fourth-order valence-corrected chi connectivity index (χ4v) is 2.05. The molecule has 0 aliphatic heterocycles. The minimum Gasteiger partial charge on any atom is -0.457 e. The number of aryl methyl sites for hydroxylation is 2. The van der Waals surface area contributed by atoms with Crippen LogP contribution in [0.25, 0.3) is 0 Å². The number of hydrogen-bond acceptors (Lipinski definition) is 2. The van der Waals surface area contributed by atoms with E-state index in [9.17, 15) is 4.79 Å². The molecule has 0 fully saturated rings. The Morgan fingerprint density at radius 1 is 1.47 bits per heavy atom. The standard InChI is InChI=1S/C12H15BrO2/c1-8-4-5-11(9(2)6-8)12(7-13)15-10(3)14/h4-6,12H,7H2,1-3H3. The number of ether oxygens (including phenoxy) is 1. The van der Waals surface area contributed by atoms with Gasteiger partial charge >= 0.3 is 5.97 Å². The molecule has 1 unspecified atom stereocenters. The fourth-order valence-electron chi connectivity index (χ4n) is 1.57. The lowest BCUT2D eigenvalue weighted by molar-refractivity contribution is -0.145. The Kier molecular flexibility index (Phi) is 4.33. The van der Waals surface area contributed by atoms with Crippen molar-refractivity contribution in [3.8, 4) is 0 Å². The lowest BCUT2D eigenvalue weighted by Crippen LogP contribution is -2.11. The third-order valence-corrected chi connectivity index (χ3v) is 2.81. The topological polar surface area (TPSA) is 26.3 Å². The van der Waals surface area contributed by atoms with E-state index in [-0.39, 0.29) is 12.1 Å². The maximum Gasteiger partial charge on any atom is 0.303 e. The summed E-state index contributed by atoms with van der Waals surface area (Å²) < 4.78 is 5.22. The maximum absolute atomic E-state index is 10.9. The summed E-state index contributed by atoms with van der Waals surface area (Å²) in [6.45, 7) is 5.51. The molecular formula is C12H15BrO2. The van der Waals surface area contributed by atoms with E-state index in [1.165, 1.54) is 12.5 Å². The van der Waals surface area contributed by atoms with Gasteiger partial charge in [-0.1, -0.05) is 39.7 Å². The number of esters is 1. The summed E-state index contributed by atoms with van der Waals surface area (Å²) >= 11 is 3.36. The Morgan fingerprint density at radius 2 is 2.13 bits per heavy atom. The summed E-state index contributed by atoms with van der Waals surface area (Å²) in [5.74, 6) is -0.251. The third kappa shape index (κ3) is 3.34. The van der Waals surface area contributed by atoms with Gasteiger partial charge in [-0.05, 0) is 25.0 Å². The van der Waals surface area contributed by atoms with Gasteiger partial charge in [0.2, 0.25) is 0 Å². The molecule has 0 amide bonds. The second-order valence-electron chi connectivity index (χ2n) is 3.61. The molecule has 0 saturated carbocycles. The highest BCUT2D eigenvalue weighted by atomic mass is 79.9. The van der Waals surface area contributed by atoms with E-state index in [1.807, 2.05) is 26.0 Å². The van der Waals surface area contributed by atoms with Crippen LogP contribution in [-0.4, -0.2) is 11.3 Å². The molecule has 3 heteroatoms. The molecule has 1 rings (SSSR count). The third-order valence-electron chi connectivity index (χ3n) is 2.22. The van der Waals surface area contributed by atoms with Crippen LogP contribution in [0.2, 0.25) is 0 Å². The van der Waals surface area contributed by atoms with Gasteiger partial charge in [-0.3, -0.25) is 4.79 Å². The van der Waals surface area contributed by atoms with Crippen molar-refractivity contribution in [3.63, 3.8) is 0 Å². The Labute approximate surface area is 98.8 Å². The van der Waals surface area contributed by atoms with E-state index in [0.717, 1.165) is 11.1 Å². The Hall–Kier alpha value is -0.830. The Balaban J connectivity index is 2.96. The van der Waals surface area contributed by atoms with Crippen molar-refractivity contribution in [1.82, 2.24) is 0 Å². The molecule has 0 spiro atoms. The molecule has 0 aliphatic carbocycles. The molecule has 1 aromatic carbocycles. The number of alkyl halides is 1.